The minimum atomic E-state index is -0.313. The first-order valence-corrected chi connectivity index (χ1v) is 9.36. The summed E-state index contributed by atoms with van der Waals surface area (Å²) >= 11 is 1.43. The van der Waals surface area contributed by atoms with Gasteiger partial charge in [-0.15, -0.1) is 0 Å². The monoisotopic (exact) mass is 366 g/mol. The third-order valence-electron chi connectivity index (χ3n) is 4.21. The van der Waals surface area contributed by atoms with Crippen LogP contribution in [0, 0.1) is 20.8 Å². The summed E-state index contributed by atoms with van der Waals surface area (Å²) < 4.78 is 0. The van der Waals surface area contributed by atoms with Crippen molar-refractivity contribution in [3.05, 3.63) is 59.2 Å². The highest BCUT2D eigenvalue weighted by Gasteiger charge is 2.17. The highest BCUT2D eigenvalue weighted by molar-refractivity contribution is 8.00. The van der Waals surface area contributed by atoms with E-state index in [1.165, 1.54) is 23.4 Å². The van der Waals surface area contributed by atoms with Gasteiger partial charge in [0.05, 0.1) is 15.8 Å². The Bertz CT molecular complexity index is 985. The fraction of sp³-hybridized carbons (Fsp3) is 0.238. The van der Waals surface area contributed by atoms with Crippen LogP contribution in [0.4, 0.5) is 5.69 Å². The van der Waals surface area contributed by atoms with E-state index in [9.17, 15) is 9.90 Å². The molecule has 0 saturated carbocycles. The van der Waals surface area contributed by atoms with Crippen LogP contribution in [-0.4, -0.2) is 21.2 Å². The lowest BCUT2D eigenvalue weighted by molar-refractivity contribution is -0.115. The molecular weight excluding hydrogens is 344 g/mol. The molecule has 1 unspecified atom stereocenters. The molecule has 0 aliphatic rings. The number of carbonyl (C=O) groups excluding carboxylic acids is 1. The lowest BCUT2D eigenvalue weighted by atomic mass is 10.0. The van der Waals surface area contributed by atoms with E-state index >= 15 is 0 Å². The summed E-state index contributed by atoms with van der Waals surface area (Å²) in [6, 6.07) is 12.8. The quantitative estimate of drug-likeness (QED) is 0.639. The fourth-order valence-corrected chi connectivity index (χ4v) is 3.85. The van der Waals surface area contributed by atoms with Crippen LogP contribution in [0.25, 0.3) is 10.9 Å². The Hall–Kier alpha value is -2.53. The van der Waals surface area contributed by atoms with E-state index in [2.05, 4.69) is 38.2 Å². The van der Waals surface area contributed by atoms with Gasteiger partial charge in [-0.25, -0.2) is 4.98 Å². The van der Waals surface area contributed by atoms with Gasteiger partial charge in [0.1, 0.15) is 5.75 Å². The summed E-state index contributed by atoms with van der Waals surface area (Å²) in [4.78, 5) is 17.2. The zero-order chi connectivity index (χ0) is 18.8. The largest absolute Gasteiger partial charge is 0.508 e. The van der Waals surface area contributed by atoms with Crippen molar-refractivity contribution < 1.29 is 9.90 Å². The van der Waals surface area contributed by atoms with Gasteiger partial charge >= 0.3 is 0 Å². The molecule has 0 aliphatic carbocycles. The number of benzene rings is 2. The second kappa shape index (κ2) is 7.38. The minimum Gasteiger partial charge on any atom is -0.508 e. The van der Waals surface area contributed by atoms with Crippen molar-refractivity contribution in [1.82, 2.24) is 4.98 Å². The van der Waals surface area contributed by atoms with Crippen molar-refractivity contribution in [2.24, 2.45) is 0 Å². The molecule has 2 N–H and O–H groups in total. The number of hydrogen-bond donors (Lipinski definition) is 2. The minimum absolute atomic E-state index is 0.124. The zero-order valence-corrected chi connectivity index (χ0v) is 16.1. The molecule has 26 heavy (non-hydrogen) atoms. The Morgan fingerprint density at radius 2 is 1.88 bits per heavy atom. The van der Waals surface area contributed by atoms with Gasteiger partial charge in [-0.1, -0.05) is 29.5 Å². The van der Waals surface area contributed by atoms with Crippen molar-refractivity contribution in [1.29, 1.82) is 0 Å². The number of amides is 1. The van der Waals surface area contributed by atoms with Crippen molar-refractivity contribution in [2.75, 3.05) is 5.32 Å². The summed E-state index contributed by atoms with van der Waals surface area (Å²) in [5, 5.41) is 14.0. The zero-order valence-electron chi connectivity index (χ0n) is 15.3. The maximum Gasteiger partial charge on any atom is 0.237 e. The molecule has 3 aromatic rings. The van der Waals surface area contributed by atoms with Gasteiger partial charge in [0.2, 0.25) is 5.91 Å². The first-order valence-electron chi connectivity index (χ1n) is 8.48. The number of hydrogen-bond acceptors (Lipinski definition) is 4. The van der Waals surface area contributed by atoms with Gasteiger partial charge in [0.15, 0.2) is 0 Å². The Labute approximate surface area is 157 Å². The molecule has 0 aliphatic heterocycles. The van der Waals surface area contributed by atoms with Crippen LogP contribution in [0.1, 0.15) is 23.6 Å². The molecule has 5 heteroatoms. The summed E-state index contributed by atoms with van der Waals surface area (Å²) in [6.45, 7) is 8.08. The maximum absolute atomic E-state index is 12.4. The molecular formula is C21H22N2O2S. The topological polar surface area (TPSA) is 62.2 Å². The number of carbonyl (C=O) groups is 1. The number of anilines is 1. The number of pyridine rings is 1. The van der Waals surface area contributed by atoms with E-state index in [0.29, 0.717) is 5.69 Å². The van der Waals surface area contributed by atoms with E-state index < -0.39 is 0 Å². The third-order valence-corrected chi connectivity index (χ3v) is 5.23. The molecule has 0 bridgehead atoms. The molecule has 1 atom stereocenters. The number of nitrogens with one attached hydrogen (secondary N) is 1. The highest BCUT2D eigenvalue weighted by atomic mass is 32.2. The van der Waals surface area contributed by atoms with Crippen LogP contribution in [0.5, 0.6) is 5.75 Å². The molecule has 4 nitrogen and oxygen atoms in total. The molecule has 1 aromatic heterocycles. The number of phenols is 1. The van der Waals surface area contributed by atoms with E-state index in [1.807, 2.05) is 13.0 Å². The van der Waals surface area contributed by atoms with Crippen LogP contribution < -0.4 is 5.32 Å². The Morgan fingerprint density at radius 3 is 2.62 bits per heavy atom. The van der Waals surface area contributed by atoms with Crippen molar-refractivity contribution in [3.63, 3.8) is 0 Å². The van der Waals surface area contributed by atoms with Crippen molar-refractivity contribution in [3.8, 4) is 5.75 Å². The number of nitrogens with zero attached hydrogens (tertiary/aromatic N) is 1. The third kappa shape index (κ3) is 3.99. The Kier molecular flexibility index (Phi) is 5.18. The normalized spacial score (nSPS) is 12.2. The first kappa shape index (κ1) is 18.3. The second-order valence-electron chi connectivity index (χ2n) is 6.56. The predicted molar refractivity (Wildman–Crippen MR) is 108 cm³/mol. The summed E-state index contributed by atoms with van der Waals surface area (Å²) in [5.74, 6) is 0.00136. The van der Waals surface area contributed by atoms with Gasteiger partial charge in [-0.3, -0.25) is 4.79 Å². The molecule has 0 radical (unpaired) electrons. The first-order chi connectivity index (χ1) is 12.3. The van der Waals surface area contributed by atoms with Crippen molar-refractivity contribution >= 4 is 34.3 Å². The van der Waals surface area contributed by atoms with Gasteiger partial charge in [0, 0.05) is 17.1 Å². The number of aromatic nitrogens is 1. The van der Waals surface area contributed by atoms with Gasteiger partial charge in [0.25, 0.3) is 0 Å². The van der Waals surface area contributed by atoms with E-state index in [4.69, 9.17) is 4.98 Å². The van der Waals surface area contributed by atoms with E-state index in [0.717, 1.165) is 27.1 Å². The standard InChI is InChI=1S/C21H22N2O2S/c1-12-8-14(3)20-18(9-12)13(2)10-19(23-20)26-15(4)21(25)22-16-6-5-7-17(24)11-16/h5-11,15,24H,1-4H3,(H,22,25). The lowest BCUT2D eigenvalue weighted by Crippen LogP contribution is -2.22. The summed E-state index contributed by atoms with van der Waals surface area (Å²) in [7, 11) is 0. The fourth-order valence-electron chi connectivity index (χ4n) is 2.94. The molecule has 3 rings (SSSR count). The lowest BCUT2D eigenvalue weighted by Gasteiger charge is -2.14. The number of rotatable bonds is 4. The summed E-state index contributed by atoms with van der Waals surface area (Å²) in [6.07, 6.45) is 0. The number of thioether (sulfide) groups is 1. The highest BCUT2D eigenvalue weighted by Crippen LogP contribution is 2.29. The van der Waals surface area contributed by atoms with E-state index in [-0.39, 0.29) is 16.9 Å². The van der Waals surface area contributed by atoms with Crippen LogP contribution in [0.3, 0.4) is 0 Å². The number of aromatic hydroxyl groups is 1. The predicted octanol–water partition coefficient (Wildman–Crippen LogP) is 4.98. The maximum atomic E-state index is 12.4. The Balaban J connectivity index is 1.80. The Morgan fingerprint density at radius 1 is 1.12 bits per heavy atom. The van der Waals surface area contributed by atoms with E-state index in [1.54, 1.807) is 18.2 Å². The van der Waals surface area contributed by atoms with Crippen LogP contribution in [0.15, 0.2) is 47.5 Å². The molecule has 0 fully saturated rings. The van der Waals surface area contributed by atoms with Crippen molar-refractivity contribution in [2.45, 2.75) is 38.0 Å². The average molecular weight is 366 g/mol. The molecule has 1 amide bonds. The molecule has 2 aromatic carbocycles. The van der Waals surface area contributed by atoms with Crippen LogP contribution >= 0.6 is 11.8 Å². The second-order valence-corrected chi connectivity index (χ2v) is 7.92. The SMILES string of the molecule is Cc1cc(C)c2nc(SC(C)C(=O)Nc3cccc(O)c3)cc(C)c2c1. The molecule has 134 valence electrons. The number of fused-ring (bicyclic) bond motifs is 1. The van der Waals surface area contributed by atoms with Crippen LogP contribution in [-0.2, 0) is 4.79 Å². The molecule has 0 saturated heterocycles. The van der Waals surface area contributed by atoms with Gasteiger partial charge in [-0.05, 0) is 63.1 Å². The summed E-state index contributed by atoms with van der Waals surface area (Å²) in [5.41, 5.74) is 5.08. The smallest absolute Gasteiger partial charge is 0.237 e. The average Bonchev–Trinajstić information content (AvgIpc) is 2.56. The molecule has 1 heterocycles. The van der Waals surface area contributed by atoms with Gasteiger partial charge < -0.3 is 10.4 Å². The molecule has 0 spiro atoms. The van der Waals surface area contributed by atoms with Gasteiger partial charge in [-0.2, -0.15) is 0 Å². The van der Waals surface area contributed by atoms with Crippen LogP contribution in [0.2, 0.25) is 0 Å². The number of aryl methyl sites for hydroxylation is 3. The number of phenolic OH excluding ortho intramolecular Hbond substituents is 1.